The Hall–Kier alpha value is -2.95. The number of carbonyl (C=O) groups excluding carboxylic acids is 1. The molecule has 1 heterocycles. The number of carbonyl (C=O) groups is 1. The topological polar surface area (TPSA) is 49.6 Å². The number of nitrogens with two attached hydrogens (primary N) is 1. The largest absolute Gasteiger partial charge is 0.369 e. The van der Waals surface area contributed by atoms with Crippen molar-refractivity contribution in [3.8, 4) is 0 Å². The van der Waals surface area contributed by atoms with Gasteiger partial charge in [0.1, 0.15) is 5.41 Å². The van der Waals surface area contributed by atoms with Crippen LogP contribution in [0.5, 0.6) is 0 Å². The minimum atomic E-state index is -0.814. The summed E-state index contributed by atoms with van der Waals surface area (Å²) >= 11 is 0. The van der Waals surface area contributed by atoms with Crippen molar-refractivity contribution in [1.82, 2.24) is 9.80 Å². The molecule has 1 atom stereocenters. The molecule has 1 aliphatic rings. The second-order valence-electron chi connectivity index (χ2n) is 9.81. The van der Waals surface area contributed by atoms with Crippen molar-refractivity contribution in [2.75, 3.05) is 40.3 Å². The molecule has 4 heteroatoms. The molecule has 3 aromatic carbocycles. The molecular formula is C30H37N3O. The Morgan fingerprint density at radius 1 is 0.882 bits per heavy atom. The van der Waals surface area contributed by atoms with Crippen LogP contribution in [0.25, 0.3) is 0 Å². The average Bonchev–Trinajstić information content (AvgIpc) is 3.33. The van der Waals surface area contributed by atoms with Crippen LogP contribution < -0.4 is 5.73 Å². The van der Waals surface area contributed by atoms with Gasteiger partial charge in [0.2, 0.25) is 5.91 Å². The van der Waals surface area contributed by atoms with Gasteiger partial charge < -0.3 is 15.5 Å². The van der Waals surface area contributed by atoms with Gasteiger partial charge in [-0.1, -0.05) is 84.9 Å². The fourth-order valence-corrected chi connectivity index (χ4v) is 5.43. The van der Waals surface area contributed by atoms with Crippen molar-refractivity contribution < 1.29 is 4.79 Å². The summed E-state index contributed by atoms with van der Waals surface area (Å²) in [5, 5.41) is 0. The lowest BCUT2D eigenvalue weighted by Crippen LogP contribution is -2.49. The minimum Gasteiger partial charge on any atom is -0.369 e. The van der Waals surface area contributed by atoms with E-state index in [1.807, 2.05) is 36.4 Å². The Morgan fingerprint density at radius 2 is 1.41 bits per heavy atom. The van der Waals surface area contributed by atoms with Crippen LogP contribution in [0.15, 0.2) is 84.9 Å². The third-order valence-corrected chi connectivity index (χ3v) is 7.32. The normalized spacial score (nSPS) is 16.7. The third-order valence-electron chi connectivity index (χ3n) is 7.32. The zero-order valence-corrected chi connectivity index (χ0v) is 20.5. The zero-order valence-electron chi connectivity index (χ0n) is 20.5. The fourth-order valence-electron chi connectivity index (χ4n) is 5.43. The Balaban J connectivity index is 1.48. The van der Waals surface area contributed by atoms with E-state index in [1.165, 1.54) is 11.1 Å². The maximum absolute atomic E-state index is 13.2. The first-order chi connectivity index (χ1) is 16.5. The van der Waals surface area contributed by atoms with Gasteiger partial charge in [0.15, 0.2) is 0 Å². The first-order valence-electron chi connectivity index (χ1n) is 12.4. The highest BCUT2D eigenvalue weighted by atomic mass is 16.1. The average molecular weight is 456 g/mol. The summed E-state index contributed by atoms with van der Waals surface area (Å²) in [6, 6.07) is 29.3. The Labute approximate surface area is 204 Å². The van der Waals surface area contributed by atoms with Gasteiger partial charge in [-0.25, -0.2) is 0 Å². The van der Waals surface area contributed by atoms with E-state index >= 15 is 0 Å². The molecule has 0 aromatic heterocycles. The number of hydrogen-bond donors (Lipinski definition) is 1. The molecule has 1 unspecified atom stereocenters. The summed E-state index contributed by atoms with van der Waals surface area (Å²) in [6.45, 7) is 3.92. The predicted molar refractivity (Wildman–Crippen MR) is 140 cm³/mol. The summed E-state index contributed by atoms with van der Waals surface area (Å²) in [6.07, 6.45) is 3.05. The van der Waals surface area contributed by atoms with Gasteiger partial charge in [0, 0.05) is 19.6 Å². The van der Waals surface area contributed by atoms with Gasteiger partial charge in [-0.15, -0.1) is 0 Å². The first kappa shape index (κ1) is 24.2. The van der Waals surface area contributed by atoms with Crippen molar-refractivity contribution in [3.63, 3.8) is 0 Å². The standard InChI is InChI=1S/C30H37N3O/c1-32(2)20-17-24-13-15-25(16-14-24)18-21-33-22-19-28(23-33)30(29(31)34,26-9-5-3-6-10-26)27-11-7-4-8-12-27/h3-16,28H,17-23H2,1-2H3,(H2,31,34). The van der Waals surface area contributed by atoms with E-state index in [9.17, 15) is 4.79 Å². The molecule has 178 valence electrons. The molecule has 2 N–H and O–H groups in total. The van der Waals surface area contributed by atoms with E-state index in [4.69, 9.17) is 5.73 Å². The quantitative estimate of drug-likeness (QED) is 0.500. The number of primary amides is 1. The van der Waals surface area contributed by atoms with Crippen LogP contribution in [0.2, 0.25) is 0 Å². The second-order valence-corrected chi connectivity index (χ2v) is 9.81. The minimum absolute atomic E-state index is 0.142. The van der Waals surface area contributed by atoms with E-state index in [0.29, 0.717) is 0 Å². The van der Waals surface area contributed by atoms with Crippen molar-refractivity contribution in [2.45, 2.75) is 24.7 Å². The van der Waals surface area contributed by atoms with Crippen molar-refractivity contribution in [3.05, 3.63) is 107 Å². The number of amides is 1. The highest BCUT2D eigenvalue weighted by molar-refractivity contribution is 5.91. The third kappa shape index (κ3) is 5.24. The van der Waals surface area contributed by atoms with Gasteiger partial charge in [0.25, 0.3) is 0 Å². The maximum atomic E-state index is 13.2. The summed E-state index contributed by atoms with van der Waals surface area (Å²) in [5.74, 6) is -0.117. The Morgan fingerprint density at radius 3 is 1.91 bits per heavy atom. The number of benzene rings is 3. The number of hydrogen-bond acceptors (Lipinski definition) is 3. The Bertz CT molecular complexity index is 1010. The predicted octanol–water partition coefficient (Wildman–Crippen LogP) is 4.13. The monoisotopic (exact) mass is 455 g/mol. The molecule has 34 heavy (non-hydrogen) atoms. The summed E-state index contributed by atoms with van der Waals surface area (Å²) < 4.78 is 0. The van der Waals surface area contributed by atoms with E-state index in [2.05, 4.69) is 72.4 Å². The van der Waals surface area contributed by atoms with E-state index in [1.54, 1.807) is 0 Å². The smallest absolute Gasteiger partial charge is 0.232 e. The zero-order chi connectivity index (χ0) is 24.0. The first-order valence-corrected chi connectivity index (χ1v) is 12.4. The number of nitrogens with zero attached hydrogens (tertiary/aromatic N) is 2. The molecule has 1 saturated heterocycles. The van der Waals surface area contributed by atoms with E-state index in [-0.39, 0.29) is 11.8 Å². The van der Waals surface area contributed by atoms with Gasteiger partial charge in [-0.2, -0.15) is 0 Å². The summed E-state index contributed by atoms with van der Waals surface area (Å²) in [5.41, 5.74) is 10.1. The van der Waals surface area contributed by atoms with Crippen molar-refractivity contribution >= 4 is 5.91 Å². The molecule has 0 spiro atoms. The van der Waals surface area contributed by atoms with Crippen LogP contribution in [0.4, 0.5) is 0 Å². The highest BCUT2D eigenvalue weighted by Gasteiger charge is 2.49. The number of likely N-dealkylation sites (tertiary alicyclic amines) is 1. The molecule has 4 nitrogen and oxygen atoms in total. The van der Waals surface area contributed by atoms with Crippen LogP contribution >= 0.6 is 0 Å². The van der Waals surface area contributed by atoms with Crippen molar-refractivity contribution in [1.29, 1.82) is 0 Å². The summed E-state index contributed by atoms with van der Waals surface area (Å²) in [7, 11) is 4.22. The van der Waals surface area contributed by atoms with Gasteiger partial charge in [-0.05, 0) is 68.1 Å². The van der Waals surface area contributed by atoms with Crippen LogP contribution in [0.3, 0.4) is 0 Å². The molecule has 0 saturated carbocycles. The molecule has 1 amide bonds. The van der Waals surface area contributed by atoms with E-state index in [0.717, 1.165) is 56.6 Å². The maximum Gasteiger partial charge on any atom is 0.232 e. The lowest BCUT2D eigenvalue weighted by Gasteiger charge is -2.37. The van der Waals surface area contributed by atoms with E-state index < -0.39 is 5.41 Å². The highest BCUT2D eigenvalue weighted by Crippen LogP contribution is 2.43. The molecule has 1 aliphatic heterocycles. The molecular weight excluding hydrogens is 418 g/mol. The number of likely N-dealkylation sites (N-methyl/N-ethyl adjacent to an activating group) is 1. The van der Waals surface area contributed by atoms with Gasteiger partial charge >= 0.3 is 0 Å². The summed E-state index contributed by atoms with van der Waals surface area (Å²) in [4.78, 5) is 17.9. The van der Waals surface area contributed by atoms with Crippen LogP contribution in [0, 0.1) is 5.92 Å². The van der Waals surface area contributed by atoms with Crippen molar-refractivity contribution in [2.24, 2.45) is 11.7 Å². The lowest BCUT2D eigenvalue weighted by atomic mass is 9.64. The van der Waals surface area contributed by atoms with Crippen LogP contribution in [-0.4, -0.2) is 56.0 Å². The molecule has 4 rings (SSSR count). The molecule has 0 aliphatic carbocycles. The van der Waals surface area contributed by atoms with Gasteiger partial charge in [-0.3, -0.25) is 4.79 Å². The molecule has 0 bridgehead atoms. The SMILES string of the molecule is CN(C)CCc1ccc(CCN2CCC(C(C(N)=O)(c3ccccc3)c3ccccc3)C2)cc1. The van der Waals surface area contributed by atoms with Gasteiger partial charge in [0.05, 0.1) is 0 Å². The second kappa shape index (κ2) is 11.0. The molecule has 0 radical (unpaired) electrons. The Kier molecular flexibility index (Phi) is 7.81. The molecule has 1 fully saturated rings. The van der Waals surface area contributed by atoms with Crippen LogP contribution in [-0.2, 0) is 23.1 Å². The lowest BCUT2D eigenvalue weighted by molar-refractivity contribution is -0.123. The van der Waals surface area contributed by atoms with Crippen LogP contribution in [0.1, 0.15) is 28.7 Å². The fraction of sp³-hybridized carbons (Fsp3) is 0.367. The molecule has 3 aromatic rings. The number of rotatable bonds is 10.